The second kappa shape index (κ2) is 9.16. The van der Waals surface area contributed by atoms with Crippen LogP contribution in [0.1, 0.15) is 31.4 Å². The molecule has 0 saturated carbocycles. The quantitative estimate of drug-likeness (QED) is 0.646. The number of nitrogens with one attached hydrogen (secondary N) is 1. The highest BCUT2D eigenvalue weighted by molar-refractivity contribution is 5.17. The second-order valence-electron chi connectivity index (χ2n) is 4.10. The van der Waals surface area contributed by atoms with Gasteiger partial charge in [-0.3, -0.25) is 0 Å². The van der Waals surface area contributed by atoms with Crippen LogP contribution in [0.15, 0.2) is 30.3 Å². The molecule has 0 radical (unpaired) electrons. The Labute approximate surface area is 104 Å². The molecule has 1 rings (SSSR count). The highest BCUT2D eigenvalue weighted by Gasteiger charge is 2.04. The molecule has 1 aromatic rings. The first kappa shape index (κ1) is 14.2. The van der Waals surface area contributed by atoms with Crippen LogP contribution in [-0.2, 0) is 4.74 Å². The molecule has 0 aliphatic heterocycles. The highest BCUT2D eigenvalue weighted by atomic mass is 16.5. The lowest BCUT2D eigenvalue weighted by atomic mass is 10.1. The van der Waals surface area contributed by atoms with E-state index in [1.54, 1.807) is 0 Å². The molecule has 0 amide bonds. The largest absolute Gasteiger partial charge is 0.387 e. The Hall–Kier alpha value is -0.900. The lowest BCUT2D eigenvalue weighted by molar-refractivity contribution is 0.129. The minimum atomic E-state index is -0.423. The van der Waals surface area contributed by atoms with Crippen LogP contribution in [0.25, 0.3) is 0 Å². The van der Waals surface area contributed by atoms with E-state index in [4.69, 9.17) is 4.74 Å². The molecule has 0 aromatic heterocycles. The summed E-state index contributed by atoms with van der Waals surface area (Å²) in [5.41, 5.74) is 0.960. The molecule has 0 saturated heterocycles. The van der Waals surface area contributed by atoms with E-state index < -0.39 is 6.10 Å². The van der Waals surface area contributed by atoms with Crippen molar-refractivity contribution >= 4 is 0 Å². The summed E-state index contributed by atoms with van der Waals surface area (Å²) in [4.78, 5) is 0. The Morgan fingerprint density at radius 3 is 2.71 bits per heavy atom. The van der Waals surface area contributed by atoms with Crippen LogP contribution in [0, 0.1) is 0 Å². The van der Waals surface area contributed by atoms with Crippen molar-refractivity contribution in [2.75, 3.05) is 26.3 Å². The molecule has 1 atom stereocenters. The zero-order chi connectivity index (χ0) is 12.3. The Kier molecular flexibility index (Phi) is 7.63. The Morgan fingerprint density at radius 2 is 2.00 bits per heavy atom. The summed E-state index contributed by atoms with van der Waals surface area (Å²) in [6.07, 6.45) is 1.63. The van der Waals surface area contributed by atoms with Gasteiger partial charge in [-0.25, -0.2) is 0 Å². The van der Waals surface area contributed by atoms with E-state index in [-0.39, 0.29) is 0 Å². The summed E-state index contributed by atoms with van der Waals surface area (Å²) in [6, 6.07) is 9.72. The monoisotopic (exact) mass is 237 g/mol. The molecule has 3 heteroatoms. The molecule has 0 fully saturated rings. The van der Waals surface area contributed by atoms with Gasteiger partial charge in [0.15, 0.2) is 0 Å². The molecule has 3 nitrogen and oxygen atoms in total. The van der Waals surface area contributed by atoms with E-state index in [1.807, 2.05) is 30.3 Å². The number of benzene rings is 1. The van der Waals surface area contributed by atoms with Crippen molar-refractivity contribution in [1.29, 1.82) is 0 Å². The minimum absolute atomic E-state index is 0.423. The van der Waals surface area contributed by atoms with Gasteiger partial charge in [0.05, 0.1) is 6.10 Å². The van der Waals surface area contributed by atoms with Gasteiger partial charge in [0.1, 0.15) is 0 Å². The van der Waals surface area contributed by atoms with Gasteiger partial charge in [0.2, 0.25) is 0 Å². The maximum absolute atomic E-state index is 9.87. The van der Waals surface area contributed by atoms with Gasteiger partial charge in [-0.15, -0.1) is 0 Å². The standard InChI is InChI=1S/C14H23NO2/c1-2-10-17-11-6-9-15-12-14(16)13-7-4-3-5-8-13/h3-5,7-8,14-16H,2,6,9-12H2,1H3. The molecule has 1 unspecified atom stereocenters. The molecule has 1 aromatic carbocycles. The molecule has 0 spiro atoms. The smallest absolute Gasteiger partial charge is 0.0914 e. The van der Waals surface area contributed by atoms with Gasteiger partial charge in [0, 0.05) is 19.8 Å². The Balaban J connectivity index is 2.03. The first-order chi connectivity index (χ1) is 8.34. The van der Waals surface area contributed by atoms with E-state index >= 15 is 0 Å². The predicted octanol–water partition coefficient (Wildman–Crippen LogP) is 2.13. The Morgan fingerprint density at radius 1 is 1.24 bits per heavy atom. The SMILES string of the molecule is CCCOCCCNCC(O)c1ccccc1. The number of hydrogen-bond acceptors (Lipinski definition) is 3. The number of rotatable bonds is 9. The van der Waals surface area contributed by atoms with Gasteiger partial charge < -0.3 is 15.2 Å². The average molecular weight is 237 g/mol. The van der Waals surface area contributed by atoms with E-state index in [0.29, 0.717) is 6.54 Å². The van der Waals surface area contributed by atoms with E-state index in [2.05, 4.69) is 12.2 Å². The molecule has 17 heavy (non-hydrogen) atoms. The lowest BCUT2D eigenvalue weighted by Crippen LogP contribution is -2.23. The molecule has 0 bridgehead atoms. The molecule has 0 heterocycles. The van der Waals surface area contributed by atoms with Crippen molar-refractivity contribution in [1.82, 2.24) is 5.32 Å². The fraction of sp³-hybridized carbons (Fsp3) is 0.571. The maximum atomic E-state index is 9.87. The summed E-state index contributed by atoms with van der Waals surface area (Å²) in [5.74, 6) is 0. The third-order valence-corrected chi connectivity index (χ3v) is 2.51. The summed E-state index contributed by atoms with van der Waals surface area (Å²) in [7, 11) is 0. The molecule has 96 valence electrons. The van der Waals surface area contributed by atoms with Crippen LogP contribution in [0.3, 0.4) is 0 Å². The summed E-state index contributed by atoms with van der Waals surface area (Å²) >= 11 is 0. The van der Waals surface area contributed by atoms with E-state index in [1.165, 1.54) is 0 Å². The van der Waals surface area contributed by atoms with Crippen molar-refractivity contribution in [3.63, 3.8) is 0 Å². The molecule has 0 aliphatic rings. The topological polar surface area (TPSA) is 41.5 Å². The summed E-state index contributed by atoms with van der Waals surface area (Å²) in [5, 5.41) is 13.1. The van der Waals surface area contributed by atoms with Crippen LogP contribution < -0.4 is 5.32 Å². The molecular weight excluding hydrogens is 214 g/mol. The molecule has 2 N–H and O–H groups in total. The van der Waals surface area contributed by atoms with Crippen LogP contribution in [-0.4, -0.2) is 31.4 Å². The average Bonchev–Trinajstić information content (AvgIpc) is 2.38. The highest BCUT2D eigenvalue weighted by Crippen LogP contribution is 2.10. The minimum Gasteiger partial charge on any atom is -0.387 e. The first-order valence-corrected chi connectivity index (χ1v) is 6.36. The van der Waals surface area contributed by atoms with Crippen molar-refractivity contribution in [2.45, 2.75) is 25.9 Å². The van der Waals surface area contributed by atoms with Gasteiger partial charge >= 0.3 is 0 Å². The first-order valence-electron chi connectivity index (χ1n) is 6.36. The van der Waals surface area contributed by atoms with Crippen LogP contribution in [0.4, 0.5) is 0 Å². The lowest BCUT2D eigenvalue weighted by Gasteiger charge is -2.12. The number of hydrogen-bond donors (Lipinski definition) is 2. The zero-order valence-corrected chi connectivity index (χ0v) is 10.6. The normalized spacial score (nSPS) is 12.6. The van der Waals surface area contributed by atoms with Crippen molar-refractivity contribution < 1.29 is 9.84 Å². The van der Waals surface area contributed by atoms with Crippen LogP contribution >= 0.6 is 0 Å². The molecule has 0 aliphatic carbocycles. The van der Waals surface area contributed by atoms with Gasteiger partial charge in [-0.1, -0.05) is 37.3 Å². The number of ether oxygens (including phenoxy) is 1. The summed E-state index contributed by atoms with van der Waals surface area (Å²) in [6.45, 7) is 5.22. The number of aliphatic hydroxyl groups excluding tert-OH is 1. The second-order valence-corrected chi connectivity index (χ2v) is 4.10. The van der Waals surface area contributed by atoms with E-state index in [0.717, 1.165) is 38.2 Å². The van der Waals surface area contributed by atoms with Gasteiger partial charge in [-0.2, -0.15) is 0 Å². The number of aliphatic hydroxyl groups is 1. The van der Waals surface area contributed by atoms with Crippen molar-refractivity contribution in [2.24, 2.45) is 0 Å². The predicted molar refractivity (Wildman–Crippen MR) is 70.0 cm³/mol. The fourth-order valence-corrected chi connectivity index (χ4v) is 1.58. The third kappa shape index (κ3) is 6.41. The van der Waals surface area contributed by atoms with Gasteiger partial charge in [-0.05, 0) is 24.9 Å². The zero-order valence-electron chi connectivity index (χ0n) is 10.6. The Bertz CT molecular complexity index is 277. The van der Waals surface area contributed by atoms with Gasteiger partial charge in [0.25, 0.3) is 0 Å². The van der Waals surface area contributed by atoms with Crippen molar-refractivity contribution in [3.8, 4) is 0 Å². The third-order valence-electron chi connectivity index (χ3n) is 2.51. The van der Waals surface area contributed by atoms with E-state index in [9.17, 15) is 5.11 Å². The van der Waals surface area contributed by atoms with Crippen LogP contribution in [0.5, 0.6) is 0 Å². The maximum Gasteiger partial charge on any atom is 0.0914 e. The van der Waals surface area contributed by atoms with Crippen LogP contribution in [0.2, 0.25) is 0 Å². The molecular formula is C14H23NO2. The fourth-order valence-electron chi connectivity index (χ4n) is 1.58. The van der Waals surface area contributed by atoms with Crippen molar-refractivity contribution in [3.05, 3.63) is 35.9 Å². The summed E-state index contributed by atoms with van der Waals surface area (Å²) < 4.78 is 5.37.